The van der Waals surface area contributed by atoms with E-state index >= 15 is 0 Å². The van der Waals surface area contributed by atoms with Crippen LogP contribution in [0.25, 0.3) is 16.6 Å². The number of nitrogens with one attached hydrogen (secondary N) is 1. The van der Waals surface area contributed by atoms with Crippen molar-refractivity contribution >= 4 is 28.4 Å². The quantitative estimate of drug-likeness (QED) is 0.734. The molecular weight excluding hydrogens is 366 g/mol. The normalized spacial score (nSPS) is 12.1. The lowest BCUT2D eigenvalue weighted by atomic mass is 10.2. The van der Waals surface area contributed by atoms with Gasteiger partial charge in [-0.2, -0.15) is 0 Å². The maximum absolute atomic E-state index is 13.2. The third-order valence-electron chi connectivity index (χ3n) is 4.38. The molecule has 6 nitrogen and oxygen atoms in total. The smallest absolute Gasteiger partial charge is 0.336 e. The van der Waals surface area contributed by atoms with Gasteiger partial charge in [0.25, 0.3) is 5.56 Å². The molecule has 0 saturated carbocycles. The lowest BCUT2D eigenvalue weighted by molar-refractivity contribution is -0.123. The third kappa shape index (κ3) is 3.53. The number of amides is 1. The Morgan fingerprint density at radius 3 is 2.59 bits per heavy atom. The first-order valence-corrected chi connectivity index (χ1v) is 9.13. The van der Waals surface area contributed by atoms with Crippen molar-refractivity contribution in [2.24, 2.45) is 0 Å². The summed E-state index contributed by atoms with van der Waals surface area (Å²) in [4.78, 5) is 38.7. The van der Waals surface area contributed by atoms with E-state index in [4.69, 9.17) is 11.6 Å². The number of aromatic nitrogens is 2. The van der Waals surface area contributed by atoms with Gasteiger partial charge in [-0.1, -0.05) is 36.7 Å². The second kappa shape index (κ2) is 7.80. The second-order valence-electron chi connectivity index (χ2n) is 6.26. The van der Waals surface area contributed by atoms with E-state index < -0.39 is 17.3 Å². The number of hydrogen-bond donors (Lipinski definition) is 1. The molecule has 0 aliphatic rings. The van der Waals surface area contributed by atoms with Crippen LogP contribution in [0.4, 0.5) is 0 Å². The lowest BCUT2D eigenvalue weighted by Gasteiger charge is -2.19. The fourth-order valence-electron chi connectivity index (χ4n) is 3.01. The van der Waals surface area contributed by atoms with Gasteiger partial charge in [-0.25, -0.2) is 9.36 Å². The molecule has 2 aromatic carbocycles. The Kier molecular flexibility index (Phi) is 5.46. The highest BCUT2D eigenvalue weighted by Crippen LogP contribution is 2.16. The van der Waals surface area contributed by atoms with Crippen LogP contribution in [0.5, 0.6) is 0 Å². The molecule has 0 bridgehead atoms. The number of hydrogen-bond acceptors (Lipinski definition) is 3. The third-order valence-corrected chi connectivity index (χ3v) is 4.61. The molecule has 0 radical (unpaired) electrons. The maximum Gasteiger partial charge on any atom is 0.336 e. The van der Waals surface area contributed by atoms with E-state index in [0.29, 0.717) is 28.2 Å². The fraction of sp³-hybridized carbons (Fsp3) is 0.250. The zero-order valence-corrected chi connectivity index (χ0v) is 15.9. The Balaban J connectivity index is 2.32. The topological polar surface area (TPSA) is 73.1 Å². The molecular formula is C20H20ClN3O3. The molecule has 27 heavy (non-hydrogen) atoms. The molecule has 0 spiro atoms. The van der Waals surface area contributed by atoms with Crippen molar-refractivity contribution in [3.05, 3.63) is 74.4 Å². The fourth-order valence-corrected chi connectivity index (χ4v) is 3.20. The van der Waals surface area contributed by atoms with E-state index in [1.807, 2.05) is 6.92 Å². The summed E-state index contributed by atoms with van der Waals surface area (Å²) in [5.74, 6) is -0.277. The average Bonchev–Trinajstić information content (AvgIpc) is 2.66. The van der Waals surface area contributed by atoms with Gasteiger partial charge in [-0.3, -0.25) is 14.2 Å². The first-order valence-electron chi connectivity index (χ1n) is 8.75. The minimum Gasteiger partial charge on any atom is -0.354 e. The Morgan fingerprint density at radius 1 is 1.15 bits per heavy atom. The second-order valence-corrected chi connectivity index (χ2v) is 6.69. The van der Waals surface area contributed by atoms with Crippen LogP contribution < -0.4 is 16.6 Å². The van der Waals surface area contributed by atoms with Gasteiger partial charge >= 0.3 is 5.69 Å². The standard InChI is InChI=1S/C20H20ClN3O3/c1-3-11-22-18(25)13(2)23-17-10-5-4-9-16(17)19(26)24(20(23)27)15-8-6-7-14(21)12-15/h4-10,12-13H,3,11H2,1-2H3,(H,22,25). The number of halogens is 1. The summed E-state index contributed by atoms with van der Waals surface area (Å²) >= 11 is 6.04. The van der Waals surface area contributed by atoms with Crippen molar-refractivity contribution in [2.45, 2.75) is 26.3 Å². The number of para-hydroxylation sites is 1. The minimum absolute atomic E-state index is 0.277. The lowest BCUT2D eigenvalue weighted by Crippen LogP contribution is -2.43. The molecule has 140 valence electrons. The molecule has 3 aromatic rings. The van der Waals surface area contributed by atoms with Gasteiger partial charge < -0.3 is 5.32 Å². The van der Waals surface area contributed by atoms with Crippen molar-refractivity contribution in [1.82, 2.24) is 14.5 Å². The number of carbonyl (C=O) groups excluding carboxylic acids is 1. The molecule has 1 heterocycles. The predicted octanol–water partition coefficient (Wildman–Crippen LogP) is 2.89. The summed E-state index contributed by atoms with van der Waals surface area (Å²) in [5.41, 5.74) is -0.251. The van der Waals surface area contributed by atoms with E-state index in [2.05, 4.69) is 5.32 Å². The molecule has 1 N–H and O–H groups in total. The molecule has 0 fully saturated rings. The summed E-state index contributed by atoms with van der Waals surface area (Å²) in [5, 5.41) is 3.56. The first-order chi connectivity index (χ1) is 13.0. The average molecular weight is 386 g/mol. The van der Waals surface area contributed by atoms with Crippen molar-refractivity contribution in [3.8, 4) is 5.69 Å². The highest BCUT2D eigenvalue weighted by Gasteiger charge is 2.22. The van der Waals surface area contributed by atoms with Crippen LogP contribution in [0, 0.1) is 0 Å². The number of nitrogens with zero attached hydrogens (tertiary/aromatic N) is 2. The van der Waals surface area contributed by atoms with Gasteiger partial charge in [-0.05, 0) is 43.7 Å². The van der Waals surface area contributed by atoms with Gasteiger partial charge in [0.15, 0.2) is 0 Å². The Morgan fingerprint density at radius 2 is 1.89 bits per heavy atom. The van der Waals surface area contributed by atoms with Crippen LogP contribution in [0.15, 0.2) is 58.1 Å². The Labute approximate surface area is 161 Å². The van der Waals surface area contributed by atoms with Crippen LogP contribution in [0.1, 0.15) is 26.3 Å². The molecule has 1 atom stereocenters. The van der Waals surface area contributed by atoms with E-state index in [-0.39, 0.29) is 5.91 Å². The summed E-state index contributed by atoms with van der Waals surface area (Å²) in [7, 11) is 0. The van der Waals surface area contributed by atoms with Crippen LogP contribution in [-0.4, -0.2) is 21.6 Å². The van der Waals surface area contributed by atoms with Crippen molar-refractivity contribution in [1.29, 1.82) is 0 Å². The van der Waals surface area contributed by atoms with E-state index in [1.54, 1.807) is 55.5 Å². The monoisotopic (exact) mass is 385 g/mol. The molecule has 1 unspecified atom stereocenters. The van der Waals surface area contributed by atoms with Crippen LogP contribution in [-0.2, 0) is 4.79 Å². The maximum atomic E-state index is 13.2. The van der Waals surface area contributed by atoms with Gasteiger partial charge in [-0.15, -0.1) is 0 Å². The number of benzene rings is 2. The van der Waals surface area contributed by atoms with Crippen LogP contribution >= 0.6 is 11.6 Å². The highest BCUT2D eigenvalue weighted by molar-refractivity contribution is 6.30. The summed E-state index contributed by atoms with van der Waals surface area (Å²) < 4.78 is 2.40. The molecule has 1 aromatic heterocycles. The first kappa shape index (κ1) is 18.9. The van der Waals surface area contributed by atoms with Gasteiger partial charge in [0.2, 0.25) is 5.91 Å². The van der Waals surface area contributed by atoms with Crippen molar-refractivity contribution in [2.75, 3.05) is 6.54 Å². The molecule has 7 heteroatoms. The van der Waals surface area contributed by atoms with E-state index in [1.165, 1.54) is 4.57 Å². The van der Waals surface area contributed by atoms with E-state index in [9.17, 15) is 14.4 Å². The van der Waals surface area contributed by atoms with Crippen molar-refractivity contribution < 1.29 is 4.79 Å². The van der Waals surface area contributed by atoms with Crippen LogP contribution in [0.2, 0.25) is 5.02 Å². The Bertz CT molecular complexity index is 1120. The molecule has 0 aliphatic carbocycles. The van der Waals surface area contributed by atoms with Crippen LogP contribution in [0.3, 0.4) is 0 Å². The molecule has 3 rings (SSSR count). The highest BCUT2D eigenvalue weighted by atomic mass is 35.5. The SMILES string of the molecule is CCCNC(=O)C(C)n1c(=O)n(-c2cccc(Cl)c2)c(=O)c2ccccc21. The van der Waals surface area contributed by atoms with Gasteiger partial charge in [0.05, 0.1) is 16.6 Å². The van der Waals surface area contributed by atoms with Gasteiger partial charge in [0, 0.05) is 11.6 Å². The van der Waals surface area contributed by atoms with Gasteiger partial charge in [0.1, 0.15) is 6.04 Å². The largest absolute Gasteiger partial charge is 0.354 e. The predicted molar refractivity (Wildman–Crippen MR) is 107 cm³/mol. The number of carbonyl (C=O) groups is 1. The minimum atomic E-state index is -0.778. The van der Waals surface area contributed by atoms with Crippen molar-refractivity contribution in [3.63, 3.8) is 0 Å². The molecule has 1 amide bonds. The zero-order valence-electron chi connectivity index (χ0n) is 15.1. The molecule has 0 saturated heterocycles. The van der Waals surface area contributed by atoms with E-state index in [0.717, 1.165) is 11.0 Å². The molecule has 0 aliphatic heterocycles. The summed E-state index contributed by atoms with van der Waals surface area (Å²) in [6.45, 7) is 4.11. The zero-order chi connectivity index (χ0) is 19.6. The number of fused-ring (bicyclic) bond motifs is 1. The summed E-state index contributed by atoms with van der Waals surface area (Å²) in [6, 6.07) is 12.5. The summed E-state index contributed by atoms with van der Waals surface area (Å²) in [6.07, 6.45) is 0.788. The number of rotatable bonds is 5. The Hall–Kier alpha value is -2.86.